The third-order valence-corrected chi connectivity index (χ3v) is 6.38. The minimum Gasteiger partial charge on any atom is -0.409 e. The van der Waals surface area contributed by atoms with Gasteiger partial charge in [0.05, 0.1) is 4.91 Å². The molecule has 0 aromatic heterocycles. The standard InChI is InChI=1S/C22H30FN5O3S/c1-4-27(5-2)13-12-26(3)22(30)31-18-15-17(23)9-8-16(18)14-19-20(29)25-21(32-19)28-11-7-6-10-24-28/h8-9,14-15,24H,4-7,10-13H2,1-3H3. The summed E-state index contributed by atoms with van der Waals surface area (Å²) in [5.74, 6) is -0.828. The van der Waals surface area contributed by atoms with E-state index in [1.165, 1.54) is 28.8 Å². The van der Waals surface area contributed by atoms with Crippen LogP contribution in [0.2, 0.25) is 0 Å². The maximum atomic E-state index is 13.9. The number of hydrogen-bond acceptors (Lipinski definition) is 7. The molecule has 1 fully saturated rings. The first kappa shape index (κ1) is 24.2. The zero-order valence-electron chi connectivity index (χ0n) is 18.8. The van der Waals surface area contributed by atoms with Gasteiger partial charge in [0.25, 0.3) is 5.91 Å². The molecular formula is C22H30FN5O3S. The number of halogens is 1. The number of carbonyl (C=O) groups is 2. The number of nitrogens with zero attached hydrogens (tertiary/aromatic N) is 4. The molecule has 174 valence electrons. The topological polar surface area (TPSA) is 77.5 Å². The average Bonchev–Trinajstić information content (AvgIpc) is 3.17. The van der Waals surface area contributed by atoms with Crippen LogP contribution in [-0.2, 0) is 4.79 Å². The quantitative estimate of drug-likeness (QED) is 0.623. The van der Waals surface area contributed by atoms with Crippen molar-refractivity contribution in [3.63, 3.8) is 0 Å². The Hall–Kier alpha value is -2.43. The number of ether oxygens (including phenoxy) is 1. The van der Waals surface area contributed by atoms with Crippen molar-refractivity contribution in [3.05, 3.63) is 34.5 Å². The highest BCUT2D eigenvalue weighted by Gasteiger charge is 2.27. The van der Waals surface area contributed by atoms with Gasteiger partial charge in [-0.3, -0.25) is 9.80 Å². The van der Waals surface area contributed by atoms with E-state index >= 15 is 0 Å². The molecule has 0 unspecified atom stereocenters. The highest BCUT2D eigenvalue weighted by Crippen LogP contribution is 2.33. The van der Waals surface area contributed by atoms with E-state index in [9.17, 15) is 14.0 Å². The van der Waals surface area contributed by atoms with E-state index in [-0.39, 0.29) is 11.7 Å². The van der Waals surface area contributed by atoms with Crippen molar-refractivity contribution in [2.75, 3.05) is 46.3 Å². The van der Waals surface area contributed by atoms with Crippen molar-refractivity contribution in [2.24, 2.45) is 4.99 Å². The van der Waals surface area contributed by atoms with Gasteiger partial charge >= 0.3 is 6.09 Å². The number of rotatable bonds is 7. The van der Waals surface area contributed by atoms with Crippen LogP contribution >= 0.6 is 11.8 Å². The van der Waals surface area contributed by atoms with Gasteiger partial charge in [-0.25, -0.2) is 14.6 Å². The van der Waals surface area contributed by atoms with Gasteiger partial charge in [0.2, 0.25) is 0 Å². The van der Waals surface area contributed by atoms with E-state index in [0.29, 0.717) is 28.7 Å². The summed E-state index contributed by atoms with van der Waals surface area (Å²) < 4.78 is 19.4. The maximum Gasteiger partial charge on any atom is 0.415 e. The average molecular weight is 464 g/mol. The molecule has 1 aromatic rings. The second-order valence-corrected chi connectivity index (χ2v) is 8.58. The summed E-state index contributed by atoms with van der Waals surface area (Å²) in [6, 6.07) is 3.91. The van der Waals surface area contributed by atoms with Gasteiger partial charge in [-0.2, -0.15) is 4.99 Å². The molecule has 1 N–H and O–H groups in total. The largest absolute Gasteiger partial charge is 0.415 e. The van der Waals surface area contributed by atoms with Crippen molar-refractivity contribution in [3.8, 4) is 5.75 Å². The number of likely N-dealkylation sites (N-methyl/N-ethyl adjacent to an activating group) is 2. The summed E-state index contributed by atoms with van der Waals surface area (Å²) in [5.41, 5.74) is 3.67. The smallest absolute Gasteiger partial charge is 0.409 e. The Labute approximate surface area is 192 Å². The second-order valence-electron chi connectivity index (χ2n) is 7.58. The van der Waals surface area contributed by atoms with Crippen molar-refractivity contribution < 1.29 is 18.7 Å². The number of hydrazine groups is 1. The minimum absolute atomic E-state index is 0.0649. The van der Waals surface area contributed by atoms with Gasteiger partial charge in [0, 0.05) is 44.9 Å². The number of aliphatic imine (C=N–C) groups is 1. The lowest BCUT2D eigenvalue weighted by molar-refractivity contribution is -0.113. The lowest BCUT2D eigenvalue weighted by Crippen LogP contribution is -2.45. The lowest BCUT2D eigenvalue weighted by atomic mass is 10.2. The normalized spacial score (nSPS) is 17.8. The zero-order chi connectivity index (χ0) is 23.1. The van der Waals surface area contributed by atoms with Crippen LogP contribution in [0.25, 0.3) is 6.08 Å². The van der Waals surface area contributed by atoms with Crippen molar-refractivity contribution in [1.82, 2.24) is 20.2 Å². The summed E-state index contributed by atoms with van der Waals surface area (Å²) in [7, 11) is 1.64. The molecule has 2 aliphatic heterocycles. The van der Waals surface area contributed by atoms with Gasteiger partial charge in [0.15, 0.2) is 5.17 Å². The first-order valence-corrected chi connectivity index (χ1v) is 11.7. The molecule has 0 aliphatic carbocycles. The molecule has 0 radical (unpaired) electrons. The Morgan fingerprint density at radius 3 is 2.78 bits per heavy atom. The highest BCUT2D eigenvalue weighted by molar-refractivity contribution is 8.18. The van der Waals surface area contributed by atoms with Gasteiger partial charge in [-0.1, -0.05) is 13.8 Å². The number of thioether (sulfide) groups is 1. The highest BCUT2D eigenvalue weighted by atomic mass is 32.2. The molecular weight excluding hydrogens is 433 g/mol. The Morgan fingerprint density at radius 1 is 1.31 bits per heavy atom. The summed E-state index contributed by atoms with van der Waals surface area (Å²) >= 11 is 1.25. The first-order valence-electron chi connectivity index (χ1n) is 10.9. The van der Waals surface area contributed by atoms with Crippen LogP contribution in [0.3, 0.4) is 0 Å². The SMILES string of the molecule is CCN(CC)CCN(C)C(=O)Oc1cc(F)ccc1C=C1SC(N2CCCCN2)=NC1=O. The number of hydrogen-bond donors (Lipinski definition) is 1. The molecule has 0 saturated carbocycles. The molecule has 2 aliphatic rings. The van der Waals surface area contributed by atoms with Gasteiger partial charge in [-0.05, 0) is 55.9 Å². The third-order valence-electron chi connectivity index (χ3n) is 5.37. The minimum atomic E-state index is -0.581. The number of carbonyl (C=O) groups excluding carboxylic acids is 2. The fourth-order valence-corrected chi connectivity index (χ4v) is 4.23. The maximum absolute atomic E-state index is 13.9. The molecule has 0 spiro atoms. The monoisotopic (exact) mass is 463 g/mol. The molecule has 8 nitrogen and oxygen atoms in total. The van der Waals surface area contributed by atoms with Gasteiger partial charge in [0.1, 0.15) is 11.6 Å². The molecule has 2 amide bonds. The summed E-state index contributed by atoms with van der Waals surface area (Å²) in [6.45, 7) is 8.74. The van der Waals surface area contributed by atoms with Crippen LogP contribution in [0.4, 0.5) is 9.18 Å². The predicted molar refractivity (Wildman–Crippen MR) is 125 cm³/mol. The number of amides is 2. The lowest BCUT2D eigenvalue weighted by Gasteiger charge is -2.28. The number of nitrogens with one attached hydrogen (secondary N) is 1. The Kier molecular flexibility index (Phi) is 8.66. The number of amidine groups is 1. The molecule has 3 rings (SSSR count). The molecule has 2 heterocycles. The molecule has 0 atom stereocenters. The van der Waals surface area contributed by atoms with E-state index in [2.05, 4.69) is 29.2 Å². The summed E-state index contributed by atoms with van der Waals surface area (Å²) in [6.07, 6.45) is 3.12. The van der Waals surface area contributed by atoms with Crippen LogP contribution in [0.1, 0.15) is 32.3 Å². The summed E-state index contributed by atoms with van der Waals surface area (Å²) in [4.78, 5) is 33.1. The Morgan fingerprint density at radius 2 is 2.09 bits per heavy atom. The van der Waals surface area contributed by atoms with Gasteiger partial charge in [-0.15, -0.1) is 0 Å². The van der Waals surface area contributed by atoms with Crippen molar-refractivity contribution in [2.45, 2.75) is 26.7 Å². The van der Waals surface area contributed by atoms with Crippen molar-refractivity contribution in [1.29, 1.82) is 0 Å². The second kappa shape index (κ2) is 11.4. The predicted octanol–water partition coefficient (Wildman–Crippen LogP) is 3.17. The molecule has 32 heavy (non-hydrogen) atoms. The zero-order valence-corrected chi connectivity index (χ0v) is 19.6. The first-order chi connectivity index (χ1) is 15.4. The Balaban J connectivity index is 1.70. The third kappa shape index (κ3) is 6.30. The fourth-order valence-electron chi connectivity index (χ4n) is 3.32. The van der Waals surface area contributed by atoms with Crippen LogP contribution < -0.4 is 10.2 Å². The molecule has 0 bridgehead atoms. The molecule has 10 heteroatoms. The van der Waals surface area contributed by atoms with Crippen LogP contribution in [-0.4, -0.2) is 78.3 Å². The molecule has 1 saturated heterocycles. The van der Waals surface area contributed by atoms with E-state index < -0.39 is 11.9 Å². The fraction of sp³-hybridized carbons (Fsp3) is 0.500. The summed E-state index contributed by atoms with van der Waals surface area (Å²) in [5, 5.41) is 2.47. The number of benzene rings is 1. The van der Waals surface area contributed by atoms with Crippen LogP contribution in [0.5, 0.6) is 5.75 Å². The van der Waals surface area contributed by atoms with Crippen LogP contribution in [0, 0.1) is 5.82 Å². The van der Waals surface area contributed by atoms with Crippen LogP contribution in [0.15, 0.2) is 28.1 Å². The van der Waals surface area contributed by atoms with Crippen molar-refractivity contribution >= 4 is 35.0 Å². The molecule has 1 aromatic carbocycles. The van der Waals surface area contributed by atoms with E-state index in [1.807, 2.05) is 5.01 Å². The Bertz CT molecular complexity index is 898. The van der Waals surface area contributed by atoms with E-state index in [0.717, 1.165) is 45.1 Å². The van der Waals surface area contributed by atoms with E-state index in [1.54, 1.807) is 13.1 Å². The van der Waals surface area contributed by atoms with Gasteiger partial charge < -0.3 is 14.5 Å². The van der Waals surface area contributed by atoms with E-state index in [4.69, 9.17) is 4.74 Å².